The number of Topliss-reactive ketones (excluding diaryl/α,β-unsaturated/α-hetero) is 1. The van der Waals surface area contributed by atoms with E-state index in [1.54, 1.807) is 18.2 Å². The van der Waals surface area contributed by atoms with Crippen molar-refractivity contribution in [3.63, 3.8) is 0 Å². The highest BCUT2D eigenvalue weighted by Gasteiger charge is 2.91. The molecular formula is C20H16O6. The molecule has 0 radical (unpaired) electrons. The van der Waals surface area contributed by atoms with Gasteiger partial charge < -0.3 is 24.4 Å². The van der Waals surface area contributed by atoms with Gasteiger partial charge in [0.15, 0.2) is 17.5 Å². The summed E-state index contributed by atoms with van der Waals surface area (Å²) in [5, 5.41) is 23.1. The van der Waals surface area contributed by atoms with Crippen molar-refractivity contribution >= 4 is 16.6 Å². The van der Waals surface area contributed by atoms with E-state index in [0.29, 0.717) is 17.9 Å². The van der Waals surface area contributed by atoms with Crippen LogP contribution in [0.15, 0.2) is 48.6 Å². The summed E-state index contributed by atoms with van der Waals surface area (Å²) >= 11 is 0. The lowest BCUT2D eigenvalue weighted by atomic mass is 9.67. The second-order valence-corrected chi connectivity index (χ2v) is 7.34. The smallest absolute Gasteiger partial charge is 0.321 e. The van der Waals surface area contributed by atoms with E-state index in [0.717, 1.165) is 10.8 Å². The number of hydrogen-bond acceptors (Lipinski definition) is 6. The number of ether oxygens (including phenoxy) is 3. The van der Waals surface area contributed by atoms with Gasteiger partial charge in [-0.1, -0.05) is 24.3 Å². The van der Waals surface area contributed by atoms with Gasteiger partial charge in [-0.3, -0.25) is 4.79 Å². The Labute approximate surface area is 148 Å². The molecule has 26 heavy (non-hydrogen) atoms. The molecule has 4 atom stereocenters. The molecule has 0 amide bonds. The van der Waals surface area contributed by atoms with Crippen LogP contribution in [0.2, 0.25) is 0 Å². The summed E-state index contributed by atoms with van der Waals surface area (Å²) in [6.45, 7) is 0. The van der Waals surface area contributed by atoms with Gasteiger partial charge in [-0.05, 0) is 36.1 Å². The largest absolute Gasteiger partial charge is 0.446 e. The third-order valence-electron chi connectivity index (χ3n) is 6.12. The van der Waals surface area contributed by atoms with Crippen LogP contribution in [-0.2, 0) is 9.53 Å². The van der Waals surface area contributed by atoms with Crippen molar-refractivity contribution < 1.29 is 29.2 Å². The van der Waals surface area contributed by atoms with E-state index in [9.17, 15) is 15.0 Å². The lowest BCUT2D eigenvalue weighted by Gasteiger charge is -2.47. The van der Waals surface area contributed by atoms with Gasteiger partial charge in [0.25, 0.3) is 0 Å². The first-order valence-corrected chi connectivity index (χ1v) is 8.73. The number of aliphatic hydroxyl groups excluding tert-OH is 2. The molecule has 6 heteroatoms. The Kier molecular flexibility index (Phi) is 2.43. The molecule has 2 heterocycles. The van der Waals surface area contributed by atoms with Crippen LogP contribution in [0.3, 0.4) is 0 Å². The van der Waals surface area contributed by atoms with Crippen LogP contribution in [0, 0.1) is 0 Å². The predicted molar refractivity (Wildman–Crippen MR) is 89.9 cm³/mol. The van der Waals surface area contributed by atoms with Gasteiger partial charge in [0.1, 0.15) is 11.5 Å². The van der Waals surface area contributed by atoms with Gasteiger partial charge in [-0.15, -0.1) is 0 Å². The van der Waals surface area contributed by atoms with E-state index in [-0.39, 0.29) is 12.2 Å². The fraction of sp³-hybridized carbons (Fsp3) is 0.350. The number of epoxide rings is 1. The number of rotatable bonds is 0. The number of ketones is 1. The van der Waals surface area contributed by atoms with E-state index in [1.165, 1.54) is 6.08 Å². The molecule has 132 valence electrons. The average Bonchev–Trinajstić information content (AvgIpc) is 3.37. The second-order valence-electron chi connectivity index (χ2n) is 7.34. The van der Waals surface area contributed by atoms with Crippen LogP contribution in [0.1, 0.15) is 12.8 Å². The van der Waals surface area contributed by atoms with Crippen molar-refractivity contribution in [1.82, 2.24) is 0 Å². The number of carbonyl (C=O) groups is 1. The molecule has 2 aromatic carbocycles. The van der Waals surface area contributed by atoms with Gasteiger partial charge in [-0.25, -0.2) is 0 Å². The number of benzene rings is 2. The Morgan fingerprint density at radius 3 is 2.42 bits per heavy atom. The first-order valence-electron chi connectivity index (χ1n) is 8.73. The van der Waals surface area contributed by atoms with E-state index >= 15 is 0 Å². The van der Waals surface area contributed by atoms with Crippen molar-refractivity contribution in [3.8, 4) is 11.5 Å². The second kappa shape index (κ2) is 4.28. The summed E-state index contributed by atoms with van der Waals surface area (Å²) in [7, 11) is 0. The first-order chi connectivity index (χ1) is 12.5. The Bertz CT molecular complexity index is 972. The first kappa shape index (κ1) is 14.7. The highest BCUT2D eigenvalue weighted by Crippen LogP contribution is 2.66. The van der Waals surface area contributed by atoms with Crippen molar-refractivity contribution in [2.75, 3.05) is 0 Å². The number of carbonyl (C=O) groups excluding carboxylic acids is 1. The molecular weight excluding hydrogens is 336 g/mol. The van der Waals surface area contributed by atoms with Crippen LogP contribution in [-0.4, -0.2) is 45.2 Å². The zero-order chi connectivity index (χ0) is 17.7. The Hall–Kier alpha value is -2.41. The maximum absolute atomic E-state index is 13.0. The van der Waals surface area contributed by atoms with Crippen LogP contribution >= 0.6 is 0 Å². The quantitative estimate of drug-likeness (QED) is 0.551. The fourth-order valence-electron chi connectivity index (χ4n) is 4.89. The molecule has 2 aromatic rings. The Balaban J connectivity index is 1.61. The lowest BCUT2D eigenvalue weighted by molar-refractivity contribution is -0.219. The van der Waals surface area contributed by atoms with Gasteiger partial charge in [0.05, 0.1) is 11.5 Å². The van der Waals surface area contributed by atoms with Crippen molar-refractivity contribution in [2.45, 2.75) is 42.0 Å². The molecule has 6 nitrogen and oxygen atoms in total. The number of hydrogen-bond donors (Lipinski definition) is 2. The van der Waals surface area contributed by atoms with Crippen LogP contribution < -0.4 is 9.47 Å². The molecule has 1 saturated heterocycles. The van der Waals surface area contributed by atoms with Crippen LogP contribution in [0.4, 0.5) is 0 Å². The molecule has 2 N–H and O–H groups in total. The lowest BCUT2D eigenvalue weighted by Crippen LogP contribution is -2.72. The Morgan fingerprint density at radius 2 is 1.73 bits per heavy atom. The molecule has 1 saturated carbocycles. The maximum atomic E-state index is 13.0. The Morgan fingerprint density at radius 1 is 1.04 bits per heavy atom. The normalized spacial score (nSPS) is 38.3. The van der Waals surface area contributed by atoms with Crippen LogP contribution in [0.25, 0.3) is 10.8 Å². The maximum Gasteiger partial charge on any atom is 0.321 e. The molecule has 1 spiro atoms. The van der Waals surface area contributed by atoms with Crippen molar-refractivity contribution in [2.24, 2.45) is 0 Å². The van der Waals surface area contributed by atoms with Crippen LogP contribution in [0.5, 0.6) is 11.5 Å². The molecule has 2 fully saturated rings. The highest BCUT2D eigenvalue weighted by atomic mass is 16.8. The summed E-state index contributed by atoms with van der Waals surface area (Å²) in [5.41, 5.74) is -2.76. The SMILES string of the molecule is O=C1CC[C@H](O)[C@]23C=C[C@@H](O)C4(Oc5cccc6cccc(c56)O4)[C@]12O3. The van der Waals surface area contributed by atoms with Gasteiger partial charge in [-0.2, -0.15) is 0 Å². The van der Waals surface area contributed by atoms with Crippen molar-refractivity contribution in [1.29, 1.82) is 0 Å². The average molecular weight is 352 g/mol. The molecule has 0 unspecified atom stereocenters. The highest BCUT2D eigenvalue weighted by molar-refractivity contribution is 5.98. The summed E-state index contributed by atoms with van der Waals surface area (Å²) in [5.74, 6) is -0.948. The predicted octanol–water partition coefficient (Wildman–Crippen LogP) is 1.47. The molecule has 0 aromatic heterocycles. The molecule has 4 aliphatic rings. The summed E-state index contributed by atoms with van der Waals surface area (Å²) in [6.07, 6.45) is 1.43. The zero-order valence-corrected chi connectivity index (χ0v) is 13.7. The van der Waals surface area contributed by atoms with Crippen molar-refractivity contribution in [3.05, 3.63) is 48.6 Å². The third kappa shape index (κ3) is 1.34. The summed E-state index contributed by atoms with van der Waals surface area (Å²) in [6, 6.07) is 11.1. The summed E-state index contributed by atoms with van der Waals surface area (Å²) in [4.78, 5) is 13.0. The van der Waals surface area contributed by atoms with E-state index in [2.05, 4.69) is 0 Å². The minimum atomic E-state index is -1.76. The minimum absolute atomic E-state index is 0.143. The van der Waals surface area contributed by atoms with Gasteiger partial charge in [0.2, 0.25) is 5.60 Å². The van der Waals surface area contributed by atoms with E-state index in [4.69, 9.17) is 14.2 Å². The van der Waals surface area contributed by atoms with Gasteiger partial charge in [0, 0.05) is 6.42 Å². The van der Waals surface area contributed by atoms with E-state index in [1.807, 2.05) is 24.3 Å². The van der Waals surface area contributed by atoms with E-state index < -0.39 is 29.2 Å². The molecule has 6 rings (SSSR count). The monoisotopic (exact) mass is 352 g/mol. The standard InChI is InChI=1S/C20H16O6/c21-14-7-8-15(22)19-18(14,26-19)10-9-16(23)20(19)24-12-5-1-3-11-4-2-6-13(25-20)17(11)12/h1-6,9-10,14,16,21,23H,7-8H2/t14-,16+,18+,19-/m0/s1. The topological polar surface area (TPSA) is 88.5 Å². The number of aliphatic hydroxyl groups is 2. The van der Waals surface area contributed by atoms with Gasteiger partial charge >= 0.3 is 5.79 Å². The summed E-state index contributed by atoms with van der Waals surface area (Å²) < 4.78 is 18.3. The molecule has 2 aliphatic carbocycles. The minimum Gasteiger partial charge on any atom is -0.446 e. The molecule has 0 bridgehead atoms. The third-order valence-corrected chi connectivity index (χ3v) is 6.12. The fourth-order valence-corrected chi connectivity index (χ4v) is 4.89. The molecule has 2 aliphatic heterocycles. The zero-order valence-electron chi connectivity index (χ0n) is 13.7.